The number of carbonyl (C=O) groups excluding carboxylic acids is 1. The van der Waals surface area contributed by atoms with Gasteiger partial charge in [-0.25, -0.2) is 0 Å². The van der Waals surface area contributed by atoms with E-state index in [1.165, 1.54) is 12.8 Å². The van der Waals surface area contributed by atoms with Crippen molar-refractivity contribution in [3.63, 3.8) is 0 Å². The number of hydrogen-bond donors (Lipinski definition) is 1. The maximum Gasteiger partial charge on any atom is 0.306 e. The quantitative estimate of drug-likeness (QED) is 0.771. The van der Waals surface area contributed by atoms with Crippen molar-refractivity contribution in [3.8, 4) is 0 Å². The molecular weight excluding hydrogens is 216 g/mol. The van der Waals surface area contributed by atoms with Crippen LogP contribution >= 0.6 is 0 Å². The zero-order valence-electron chi connectivity index (χ0n) is 11.4. The van der Waals surface area contributed by atoms with Gasteiger partial charge in [-0.1, -0.05) is 12.8 Å². The van der Waals surface area contributed by atoms with Gasteiger partial charge in [0.05, 0.1) is 0 Å². The lowest BCUT2D eigenvalue weighted by Gasteiger charge is -2.28. The van der Waals surface area contributed by atoms with Crippen molar-refractivity contribution in [1.82, 2.24) is 0 Å². The highest BCUT2D eigenvalue weighted by Gasteiger charge is 2.23. The van der Waals surface area contributed by atoms with Gasteiger partial charge in [0.2, 0.25) is 0 Å². The van der Waals surface area contributed by atoms with E-state index in [4.69, 9.17) is 9.84 Å². The Morgan fingerprint density at radius 3 is 2.53 bits per heavy atom. The zero-order valence-corrected chi connectivity index (χ0v) is 11.4. The van der Waals surface area contributed by atoms with Crippen molar-refractivity contribution in [3.05, 3.63) is 0 Å². The van der Waals surface area contributed by atoms with Gasteiger partial charge in [-0.15, -0.1) is 0 Å². The van der Waals surface area contributed by atoms with E-state index in [2.05, 4.69) is 0 Å². The molecule has 1 aliphatic carbocycles. The molecule has 1 rings (SSSR count). The molecule has 1 aliphatic rings. The molecule has 3 heteroatoms. The summed E-state index contributed by atoms with van der Waals surface area (Å²) in [5.41, 5.74) is -0.378. The van der Waals surface area contributed by atoms with Crippen molar-refractivity contribution in [2.24, 2.45) is 11.8 Å². The van der Waals surface area contributed by atoms with Crippen LogP contribution < -0.4 is 0 Å². The second-order valence-corrected chi connectivity index (χ2v) is 6.21. The monoisotopic (exact) mass is 242 g/mol. The molecule has 17 heavy (non-hydrogen) atoms. The summed E-state index contributed by atoms with van der Waals surface area (Å²) in [4.78, 5) is 11.6. The average molecular weight is 242 g/mol. The van der Waals surface area contributed by atoms with Gasteiger partial charge in [-0.2, -0.15) is 0 Å². The third kappa shape index (κ3) is 6.06. The highest BCUT2D eigenvalue weighted by atomic mass is 16.6. The fourth-order valence-electron chi connectivity index (χ4n) is 2.54. The summed E-state index contributed by atoms with van der Waals surface area (Å²) in [6.07, 6.45) is 6.01. The van der Waals surface area contributed by atoms with Crippen molar-refractivity contribution in [2.75, 3.05) is 6.61 Å². The van der Waals surface area contributed by atoms with Gasteiger partial charge >= 0.3 is 5.97 Å². The molecule has 0 spiro atoms. The molecule has 100 valence electrons. The summed E-state index contributed by atoms with van der Waals surface area (Å²) < 4.78 is 5.29. The predicted octanol–water partition coefficient (Wildman–Crippen LogP) is 2.91. The Bertz CT molecular complexity index is 242. The molecule has 0 heterocycles. The van der Waals surface area contributed by atoms with Gasteiger partial charge in [-0.05, 0) is 51.9 Å². The van der Waals surface area contributed by atoms with Gasteiger partial charge in [0.15, 0.2) is 0 Å². The molecule has 0 aromatic rings. The number of esters is 1. The van der Waals surface area contributed by atoms with Gasteiger partial charge in [0.1, 0.15) is 5.60 Å². The first-order chi connectivity index (χ1) is 7.90. The first kappa shape index (κ1) is 14.5. The molecule has 2 atom stereocenters. The fourth-order valence-corrected chi connectivity index (χ4v) is 2.54. The number of aliphatic hydroxyl groups is 1. The van der Waals surface area contributed by atoms with Crippen LogP contribution in [0.15, 0.2) is 0 Å². The van der Waals surface area contributed by atoms with Crippen molar-refractivity contribution < 1.29 is 14.6 Å². The summed E-state index contributed by atoms with van der Waals surface area (Å²) in [6, 6.07) is 0. The molecule has 0 aromatic heterocycles. The van der Waals surface area contributed by atoms with Gasteiger partial charge < -0.3 is 9.84 Å². The third-order valence-corrected chi connectivity index (χ3v) is 3.33. The van der Waals surface area contributed by atoms with E-state index >= 15 is 0 Å². The Labute approximate surface area is 105 Å². The van der Waals surface area contributed by atoms with Crippen LogP contribution in [-0.2, 0) is 9.53 Å². The lowest BCUT2D eigenvalue weighted by Crippen LogP contribution is -2.25. The highest BCUT2D eigenvalue weighted by Crippen LogP contribution is 2.31. The maximum absolute atomic E-state index is 11.6. The Kier molecular flexibility index (Phi) is 5.44. The summed E-state index contributed by atoms with van der Waals surface area (Å²) in [5, 5.41) is 9.15. The normalized spacial score (nSPS) is 25.6. The molecule has 2 unspecified atom stereocenters. The molecule has 1 N–H and O–H groups in total. The Morgan fingerprint density at radius 2 is 1.94 bits per heavy atom. The predicted molar refractivity (Wildman–Crippen MR) is 67.6 cm³/mol. The first-order valence-electron chi connectivity index (χ1n) is 6.73. The van der Waals surface area contributed by atoms with Crippen LogP contribution in [0.2, 0.25) is 0 Å². The Balaban J connectivity index is 2.23. The number of hydrogen-bond acceptors (Lipinski definition) is 3. The Hall–Kier alpha value is -0.570. The minimum absolute atomic E-state index is 0.0939. The van der Waals surface area contributed by atoms with Crippen LogP contribution in [0.4, 0.5) is 0 Å². The van der Waals surface area contributed by atoms with Crippen LogP contribution in [0, 0.1) is 11.8 Å². The number of aliphatic hydroxyl groups excluding tert-OH is 1. The van der Waals surface area contributed by atoms with Gasteiger partial charge in [0, 0.05) is 13.0 Å². The molecule has 0 aromatic carbocycles. The molecule has 0 saturated heterocycles. The van der Waals surface area contributed by atoms with Crippen molar-refractivity contribution in [1.29, 1.82) is 0 Å². The average Bonchev–Trinajstić information content (AvgIpc) is 2.24. The third-order valence-electron chi connectivity index (χ3n) is 3.33. The highest BCUT2D eigenvalue weighted by molar-refractivity contribution is 5.69. The molecule has 0 bridgehead atoms. The molecule has 1 fully saturated rings. The molecule has 0 amide bonds. The summed E-state index contributed by atoms with van der Waals surface area (Å²) in [6.45, 7) is 5.98. The van der Waals surface area contributed by atoms with Crippen LogP contribution in [0.1, 0.15) is 59.3 Å². The van der Waals surface area contributed by atoms with Crippen LogP contribution in [-0.4, -0.2) is 23.3 Å². The number of carbonyl (C=O) groups is 1. The minimum Gasteiger partial charge on any atom is -0.460 e. The van der Waals surface area contributed by atoms with Crippen LogP contribution in [0.3, 0.4) is 0 Å². The van der Waals surface area contributed by atoms with E-state index in [9.17, 15) is 4.79 Å². The van der Waals surface area contributed by atoms with E-state index in [1.54, 1.807) is 0 Å². The number of ether oxygens (including phenoxy) is 1. The standard InChI is InChI=1S/C14H26O3/c1-14(2,3)17-13(16)8-7-11-5-4-6-12(9-11)10-15/h11-12,15H,4-10H2,1-3H3. The van der Waals surface area contributed by atoms with Gasteiger partial charge in [-0.3, -0.25) is 4.79 Å². The largest absolute Gasteiger partial charge is 0.460 e. The van der Waals surface area contributed by atoms with E-state index in [0.717, 1.165) is 19.3 Å². The summed E-state index contributed by atoms with van der Waals surface area (Å²) >= 11 is 0. The van der Waals surface area contributed by atoms with E-state index < -0.39 is 0 Å². The lowest BCUT2D eigenvalue weighted by atomic mass is 9.80. The topological polar surface area (TPSA) is 46.5 Å². The molecule has 0 aliphatic heterocycles. The van der Waals surface area contributed by atoms with E-state index in [1.807, 2.05) is 20.8 Å². The van der Waals surface area contributed by atoms with E-state index in [-0.39, 0.29) is 11.6 Å². The molecule has 3 nitrogen and oxygen atoms in total. The maximum atomic E-state index is 11.6. The number of rotatable bonds is 4. The fraction of sp³-hybridized carbons (Fsp3) is 0.929. The lowest BCUT2D eigenvalue weighted by molar-refractivity contribution is -0.155. The second-order valence-electron chi connectivity index (χ2n) is 6.21. The molecular formula is C14H26O3. The van der Waals surface area contributed by atoms with E-state index in [0.29, 0.717) is 24.9 Å². The first-order valence-corrected chi connectivity index (χ1v) is 6.73. The zero-order chi connectivity index (χ0) is 12.9. The molecule has 0 radical (unpaired) electrons. The Morgan fingerprint density at radius 1 is 1.29 bits per heavy atom. The summed E-state index contributed by atoms with van der Waals surface area (Å²) in [5.74, 6) is 0.949. The van der Waals surface area contributed by atoms with Crippen molar-refractivity contribution >= 4 is 5.97 Å². The van der Waals surface area contributed by atoms with Gasteiger partial charge in [0.25, 0.3) is 0 Å². The molecule has 1 saturated carbocycles. The van der Waals surface area contributed by atoms with Crippen molar-refractivity contribution in [2.45, 2.75) is 64.9 Å². The SMILES string of the molecule is CC(C)(C)OC(=O)CCC1CCCC(CO)C1. The van der Waals surface area contributed by atoms with Crippen LogP contribution in [0.5, 0.6) is 0 Å². The second kappa shape index (κ2) is 6.39. The summed E-state index contributed by atoms with van der Waals surface area (Å²) in [7, 11) is 0. The minimum atomic E-state index is -0.378. The van der Waals surface area contributed by atoms with Crippen LogP contribution in [0.25, 0.3) is 0 Å². The smallest absolute Gasteiger partial charge is 0.306 e.